The lowest BCUT2D eigenvalue weighted by Gasteiger charge is -2.06. The predicted octanol–water partition coefficient (Wildman–Crippen LogP) is 4.41. The molecule has 0 saturated heterocycles. The quantitative estimate of drug-likeness (QED) is 0.361. The lowest BCUT2D eigenvalue weighted by molar-refractivity contribution is -0.390. The highest BCUT2D eigenvalue weighted by Gasteiger charge is 2.24. The van der Waals surface area contributed by atoms with E-state index in [1.165, 1.54) is 4.57 Å². The smallest absolute Gasteiger partial charge is 0.358 e. The highest BCUT2D eigenvalue weighted by atomic mass is 79.9. The van der Waals surface area contributed by atoms with Crippen LogP contribution < -0.4 is 0 Å². The van der Waals surface area contributed by atoms with Gasteiger partial charge in [-0.1, -0.05) is 54.6 Å². The molecule has 3 aromatic rings. The van der Waals surface area contributed by atoms with Crippen molar-refractivity contribution in [1.82, 2.24) is 9.55 Å². The Bertz CT molecular complexity index is 934. The number of hydrogen-bond acceptors (Lipinski definition) is 4. The zero-order chi connectivity index (χ0) is 18.0. The van der Waals surface area contributed by atoms with E-state index < -0.39 is 4.92 Å². The highest BCUT2D eigenvalue weighted by molar-refractivity contribution is 9.10. The first-order valence-electron chi connectivity index (χ1n) is 7.53. The molecule has 1 heterocycles. The van der Waals surface area contributed by atoms with Gasteiger partial charge < -0.3 is 10.1 Å². The van der Waals surface area contributed by atoms with Crippen LogP contribution in [0.15, 0.2) is 59.2 Å². The molecule has 0 spiro atoms. The maximum absolute atomic E-state index is 12.5. The number of aryl methyl sites for hydroxylation is 1. The number of imidazole rings is 1. The van der Waals surface area contributed by atoms with Crippen LogP contribution in [0.4, 0.5) is 5.82 Å². The molecule has 0 N–H and O–H groups in total. The number of benzene rings is 2. The van der Waals surface area contributed by atoms with Crippen molar-refractivity contribution in [3.05, 3.63) is 80.7 Å². The molecule has 0 bridgehead atoms. The van der Waals surface area contributed by atoms with Gasteiger partial charge in [-0.25, -0.2) is 0 Å². The van der Waals surface area contributed by atoms with Crippen LogP contribution in [0.2, 0.25) is 0 Å². The average molecular weight is 400 g/mol. The number of aromatic nitrogens is 2. The van der Waals surface area contributed by atoms with Crippen LogP contribution in [-0.4, -0.2) is 20.3 Å². The van der Waals surface area contributed by atoms with Crippen LogP contribution in [0, 0.1) is 17.0 Å². The van der Waals surface area contributed by atoms with Crippen molar-refractivity contribution in [3.8, 4) is 11.1 Å². The number of Topliss-reactive ketones (excluding diaryl/α,β-unsaturated/α-hetero) is 1. The Morgan fingerprint density at radius 1 is 1.12 bits per heavy atom. The van der Waals surface area contributed by atoms with Crippen LogP contribution in [0.25, 0.3) is 11.1 Å². The van der Waals surface area contributed by atoms with E-state index in [9.17, 15) is 14.9 Å². The summed E-state index contributed by atoms with van der Waals surface area (Å²) in [4.78, 5) is 26.7. The molecule has 0 radical (unpaired) electrons. The molecule has 126 valence electrons. The molecular weight excluding hydrogens is 386 g/mol. The molecule has 25 heavy (non-hydrogen) atoms. The van der Waals surface area contributed by atoms with Gasteiger partial charge in [-0.3, -0.25) is 9.36 Å². The Morgan fingerprint density at radius 3 is 2.28 bits per heavy atom. The highest BCUT2D eigenvalue weighted by Crippen LogP contribution is 2.26. The van der Waals surface area contributed by atoms with Gasteiger partial charge in [-0.05, 0) is 37.0 Å². The number of nitrogens with zero attached hydrogens (tertiary/aromatic N) is 3. The van der Waals surface area contributed by atoms with Crippen LogP contribution in [0.5, 0.6) is 0 Å². The largest absolute Gasteiger partial charge is 0.396 e. The van der Waals surface area contributed by atoms with E-state index >= 15 is 0 Å². The maximum atomic E-state index is 12.5. The number of halogens is 1. The van der Waals surface area contributed by atoms with Crippen LogP contribution in [-0.2, 0) is 6.54 Å². The minimum Gasteiger partial charge on any atom is -0.358 e. The third kappa shape index (κ3) is 3.51. The van der Waals surface area contributed by atoms with Crippen molar-refractivity contribution >= 4 is 27.5 Å². The lowest BCUT2D eigenvalue weighted by Crippen LogP contribution is -2.12. The molecule has 0 atom stereocenters. The number of carbonyl (C=O) groups is 1. The van der Waals surface area contributed by atoms with Gasteiger partial charge in [0.1, 0.15) is 0 Å². The summed E-state index contributed by atoms with van der Waals surface area (Å²) in [5.41, 5.74) is 2.64. The van der Waals surface area contributed by atoms with Gasteiger partial charge in [-0.2, -0.15) is 0 Å². The van der Waals surface area contributed by atoms with Crippen LogP contribution >= 0.6 is 15.9 Å². The van der Waals surface area contributed by atoms with Gasteiger partial charge in [0.05, 0.1) is 6.54 Å². The third-order valence-electron chi connectivity index (χ3n) is 3.87. The summed E-state index contributed by atoms with van der Waals surface area (Å²) in [6.45, 7) is 1.61. The summed E-state index contributed by atoms with van der Waals surface area (Å²) in [7, 11) is 0. The van der Waals surface area contributed by atoms with Crippen molar-refractivity contribution in [2.24, 2.45) is 0 Å². The molecular formula is C18H14BrN3O3. The van der Waals surface area contributed by atoms with Gasteiger partial charge in [-0.15, -0.1) is 0 Å². The Hall–Kier alpha value is -2.80. The Morgan fingerprint density at radius 2 is 1.72 bits per heavy atom. The van der Waals surface area contributed by atoms with E-state index in [-0.39, 0.29) is 22.7 Å². The third-order valence-corrected chi connectivity index (χ3v) is 4.65. The van der Waals surface area contributed by atoms with E-state index in [4.69, 9.17) is 0 Å². The zero-order valence-electron chi connectivity index (χ0n) is 13.3. The van der Waals surface area contributed by atoms with Crippen molar-refractivity contribution in [1.29, 1.82) is 0 Å². The maximum Gasteiger partial charge on any atom is 0.396 e. The van der Waals surface area contributed by atoms with Crippen LogP contribution in [0.1, 0.15) is 16.2 Å². The summed E-state index contributed by atoms with van der Waals surface area (Å²) in [5, 5.41) is 10.9. The molecule has 0 fully saturated rings. The SMILES string of the molecule is Cc1nc([N+](=O)[O-])c(Br)n1CC(=O)c1ccc(-c2ccccc2)cc1. The molecule has 7 heteroatoms. The second kappa shape index (κ2) is 6.98. The fourth-order valence-corrected chi connectivity index (χ4v) is 3.15. The molecule has 0 amide bonds. The van der Waals surface area contributed by atoms with E-state index in [1.807, 2.05) is 42.5 Å². The summed E-state index contributed by atoms with van der Waals surface area (Å²) in [5.74, 6) is -0.0201. The predicted molar refractivity (Wildman–Crippen MR) is 97.5 cm³/mol. The van der Waals surface area contributed by atoms with Gasteiger partial charge in [0.2, 0.25) is 5.82 Å². The van der Waals surface area contributed by atoms with Gasteiger partial charge in [0.15, 0.2) is 10.4 Å². The number of hydrogen-bond donors (Lipinski definition) is 0. The average Bonchev–Trinajstić information content (AvgIpc) is 2.91. The van der Waals surface area contributed by atoms with Gasteiger partial charge in [0.25, 0.3) is 0 Å². The lowest BCUT2D eigenvalue weighted by atomic mass is 10.0. The second-order valence-electron chi connectivity index (χ2n) is 5.48. The van der Waals surface area contributed by atoms with Crippen LogP contribution in [0.3, 0.4) is 0 Å². The molecule has 0 aliphatic heterocycles. The molecule has 1 aromatic heterocycles. The van der Waals surface area contributed by atoms with Crippen molar-refractivity contribution in [3.63, 3.8) is 0 Å². The van der Waals surface area contributed by atoms with E-state index in [2.05, 4.69) is 20.9 Å². The van der Waals surface area contributed by atoms with Crippen molar-refractivity contribution in [2.45, 2.75) is 13.5 Å². The second-order valence-corrected chi connectivity index (χ2v) is 6.23. The number of carbonyl (C=O) groups excluding carboxylic acids is 1. The van der Waals surface area contributed by atoms with E-state index in [0.29, 0.717) is 11.4 Å². The van der Waals surface area contributed by atoms with E-state index in [1.54, 1.807) is 19.1 Å². The molecule has 6 nitrogen and oxygen atoms in total. The Balaban J connectivity index is 1.82. The van der Waals surface area contributed by atoms with E-state index in [0.717, 1.165) is 11.1 Å². The zero-order valence-corrected chi connectivity index (χ0v) is 14.9. The fraction of sp³-hybridized carbons (Fsp3) is 0.111. The summed E-state index contributed by atoms with van der Waals surface area (Å²) >= 11 is 3.15. The standard InChI is InChI=1S/C18H14BrN3O3/c1-12-20-18(22(24)25)17(19)21(12)11-16(23)15-9-7-14(8-10-15)13-5-3-2-4-6-13/h2-10H,11H2,1H3. The first-order chi connectivity index (χ1) is 12.0. The number of ketones is 1. The Kier molecular flexibility index (Phi) is 4.76. The minimum atomic E-state index is -0.577. The summed E-state index contributed by atoms with van der Waals surface area (Å²) < 4.78 is 1.69. The molecule has 0 unspecified atom stereocenters. The number of rotatable bonds is 5. The van der Waals surface area contributed by atoms with Crippen molar-refractivity contribution in [2.75, 3.05) is 0 Å². The molecule has 0 saturated carbocycles. The molecule has 2 aromatic carbocycles. The number of nitro groups is 1. The monoisotopic (exact) mass is 399 g/mol. The van der Waals surface area contributed by atoms with Gasteiger partial charge >= 0.3 is 5.82 Å². The topological polar surface area (TPSA) is 78.0 Å². The first-order valence-corrected chi connectivity index (χ1v) is 8.32. The fourth-order valence-electron chi connectivity index (χ4n) is 2.54. The minimum absolute atomic E-state index is 0.0159. The molecule has 0 aliphatic carbocycles. The summed E-state index contributed by atoms with van der Waals surface area (Å²) in [6.07, 6.45) is 0. The molecule has 0 aliphatic rings. The Labute approximate surface area is 152 Å². The first kappa shape index (κ1) is 17.0. The van der Waals surface area contributed by atoms with Gasteiger partial charge in [0, 0.05) is 12.5 Å². The molecule has 3 rings (SSSR count). The summed E-state index contributed by atoms with van der Waals surface area (Å²) in [6, 6.07) is 17.2. The van der Waals surface area contributed by atoms with Crippen molar-refractivity contribution < 1.29 is 9.72 Å². The normalized spacial score (nSPS) is 10.6.